The number of carbonyl (C=O) groups is 6. The fourth-order valence-electron chi connectivity index (χ4n) is 8.44. The van der Waals surface area contributed by atoms with Gasteiger partial charge in [0.25, 0.3) is 0 Å². The number of likely N-dealkylation sites (tertiary alicyclic amines) is 1. The molecule has 340 valence electrons. The molecule has 2 rings (SSSR count). The number of hydrogen-bond donors (Lipinski definition) is 2. The van der Waals surface area contributed by atoms with E-state index in [1.807, 2.05) is 92.6 Å². The second-order valence-electron chi connectivity index (χ2n) is 17.8. The third-order valence-electron chi connectivity index (χ3n) is 12.6. The molecule has 1 heterocycles. The third-order valence-corrected chi connectivity index (χ3v) is 12.6. The molecule has 1 aliphatic rings. The van der Waals surface area contributed by atoms with Crippen LogP contribution in [0.25, 0.3) is 0 Å². The Morgan fingerprint density at radius 1 is 0.767 bits per heavy atom. The number of nitrogens with one attached hydrogen (secondary N) is 2. The standard InChI is InChI=1S/C46H77N5O9/c1-16-30(8)40(50(12)45(56)38(28(4)5)48-43(54)39(29(6)7)49(11)44(55)31(9)27(2)3)36(58-13)26-37(52)51-24-20-23-35(51)41(59-14)32(10)42(53)47-34(46(57)60-15)25-33-21-18-17-19-22-33/h17-19,21-22,27-32,34-36,38-41H,16,20,23-26H2,1-15H3,(H,47,53)(H,48,54)/t30-,31-,32+,34-,35-,36+,38-,39-,40-,41+/m0/s1. The van der Waals surface area contributed by atoms with Gasteiger partial charge in [-0.15, -0.1) is 0 Å². The number of nitrogens with zero attached hydrogens (tertiary/aromatic N) is 3. The van der Waals surface area contributed by atoms with E-state index in [0.717, 1.165) is 5.56 Å². The van der Waals surface area contributed by atoms with Gasteiger partial charge in [-0.1, -0.05) is 106 Å². The average molecular weight is 844 g/mol. The summed E-state index contributed by atoms with van der Waals surface area (Å²) in [6.45, 7) is 19.5. The lowest BCUT2D eigenvalue weighted by molar-refractivity contribution is -0.149. The van der Waals surface area contributed by atoms with E-state index in [1.165, 1.54) is 26.2 Å². The van der Waals surface area contributed by atoms with Crippen LogP contribution in [0.2, 0.25) is 0 Å². The number of carbonyl (C=O) groups excluding carboxylic acids is 6. The summed E-state index contributed by atoms with van der Waals surface area (Å²) in [5, 5.41) is 5.86. The molecule has 0 unspecified atom stereocenters. The van der Waals surface area contributed by atoms with Crippen molar-refractivity contribution < 1.29 is 43.0 Å². The molecule has 0 bridgehead atoms. The van der Waals surface area contributed by atoms with Gasteiger partial charge in [-0.05, 0) is 42.1 Å². The van der Waals surface area contributed by atoms with Gasteiger partial charge in [-0.25, -0.2) is 4.79 Å². The molecule has 1 aromatic rings. The summed E-state index contributed by atoms with van der Waals surface area (Å²) >= 11 is 0. The van der Waals surface area contributed by atoms with E-state index in [4.69, 9.17) is 14.2 Å². The minimum absolute atomic E-state index is 0.0345. The topological polar surface area (TPSA) is 164 Å². The maximum atomic E-state index is 14.5. The molecule has 1 aromatic carbocycles. The second-order valence-corrected chi connectivity index (χ2v) is 17.8. The lowest BCUT2D eigenvalue weighted by atomic mass is 9.89. The van der Waals surface area contributed by atoms with Crippen LogP contribution >= 0.6 is 0 Å². The van der Waals surface area contributed by atoms with E-state index in [2.05, 4.69) is 10.6 Å². The van der Waals surface area contributed by atoms with Crippen LogP contribution in [-0.4, -0.2) is 135 Å². The molecule has 2 N–H and O–H groups in total. The van der Waals surface area contributed by atoms with Gasteiger partial charge in [0.05, 0.1) is 43.7 Å². The highest BCUT2D eigenvalue weighted by Crippen LogP contribution is 2.30. The number of amides is 5. The van der Waals surface area contributed by atoms with E-state index < -0.39 is 66.1 Å². The molecule has 1 saturated heterocycles. The Bertz CT molecular complexity index is 1560. The van der Waals surface area contributed by atoms with Crippen molar-refractivity contribution in [1.82, 2.24) is 25.3 Å². The van der Waals surface area contributed by atoms with Gasteiger partial charge < -0.3 is 39.5 Å². The molecule has 0 radical (unpaired) electrons. The largest absolute Gasteiger partial charge is 0.467 e. The van der Waals surface area contributed by atoms with Crippen LogP contribution in [0.1, 0.15) is 100 Å². The van der Waals surface area contributed by atoms with Crippen molar-refractivity contribution in [3.63, 3.8) is 0 Å². The highest BCUT2D eigenvalue weighted by atomic mass is 16.5. The van der Waals surface area contributed by atoms with Gasteiger partial charge in [0.1, 0.15) is 18.1 Å². The van der Waals surface area contributed by atoms with E-state index >= 15 is 0 Å². The number of benzene rings is 1. The summed E-state index contributed by atoms with van der Waals surface area (Å²) < 4.78 is 17.0. The Hall–Kier alpha value is -4.04. The number of rotatable bonds is 23. The molecular weight excluding hydrogens is 767 g/mol. The Balaban J connectivity index is 2.32. The normalized spacial score (nSPS) is 18.8. The summed E-state index contributed by atoms with van der Waals surface area (Å²) in [5.41, 5.74) is 0.865. The lowest BCUT2D eigenvalue weighted by Crippen LogP contribution is -2.60. The van der Waals surface area contributed by atoms with Gasteiger partial charge in [-0.3, -0.25) is 24.0 Å². The zero-order valence-corrected chi connectivity index (χ0v) is 39.2. The Kier molecular flexibility index (Phi) is 21.2. The van der Waals surface area contributed by atoms with Gasteiger partial charge in [0.2, 0.25) is 29.5 Å². The lowest BCUT2D eigenvalue weighted by Gasteiger charge is -2.41. The van der Waals surface area contributed by atoms with Crippen LogP contribution in [0.4, 0.5) is 0 Å². The number of esters is 1. The Morgan fingerprint density at radius 3 is 1.88 bits per heavy atom. The summed E-state index contributed by atoms with van der Waals surface area (Å²) in [5.74, 6) is -3.49. The fraction of sp³-hybridized carbons (Fsp3) is 0.739. The van der Waals surface area contributed by atoms with Crippen molar-refractivity contribution >= 4 is 35.5 Å². The van der Waals surface area contributed by atoms with E-state index in [0.29, 0.717) is 25.8 Å². The minimum Gasteiger partial charge on any atom is -0.467 e. The highest BCUT2D eigenvalue weighted by Gasteiger charge is 2.44. The van der Waals surface area contributed by atoms with Crippen LogP contribution in [-0.2, 0) is 49.4 Å². The highest BCUT2D eigenvalue weighted by molar-refractivity contribution is 5.93. The van der Waals surface area contributed by atoms with Gasteiger partial charge >= 0.3 is 5.97 Å². The molecule has 0 aromatic heterocycles. The first-order valence-electron chi connectivity index (χ1n) is 21.8. The zero-order valence-electron chi connectivity index (χ0n) is 39.2. The van der Waals surface area contributed by atoms with Crippen molar-refractivity contribution in [1.29, 1.82) is 0 Å². The molecule has 5 amide bonds. The smallest absolute Gasteiger partial charge is 0.328 e. The van der Waals surface area contributed by atoms with E-state index in [-0.39, 0.29) is 60.2 Å². The predicted molar refractivity (Wildman–Crippen MR) is 232 cm³/mol. The van der Waals surface area contributed by atoms with Crippen molar-refractivity contribution in [2.75, 3.05) is 42.0 Å². The van der Waals surface area contributed by atoms with Crippen LogP contribution in [0.3, 0.4) is 0 Å². The Labute approximate surface area is 360 Å². The summed E-state index contributed by atoms with van der Waals surface area (Å²) in [6.07, 6.45) is 0.857. The molecule has 1 aliphatic heterocycles. The van der Waals surface area contributed by atoms with Gasteiger partial charge in [-0.2, -0.15) is 0 Å². The minimum atomic E-state index is -0.907. The van der Waals surface area contributed by atoms with Crippen LogP contribution in [0, 0.1) is 35.5 Å². The quantitative estimate of drug-likeness (QED) is 0.149. The molecular formula is C46H77N5O9. The third kappa shape index (κ3) is 13.5. The predicted octanol–water partition coefficient (Wildman–Crippen LogP) is 4.72. The monoisotopic (exact) mass is 844 g/mol. The molecule has 0 spiro atoms. The summed E-state index contributed by atoms with van der Waals surface area (Å²) in [4.78, 5) is 87.4. The first-order valence-corrected chi connectivity index (χ1v) is 21.8. The molecule has 0 saturated carbocycles. The van der Waals surface area contributed by atoms with Crippen molar-refractivity contribution in [3.8, 4) is 0 Å². The van der Waals surface area contributed by atoms with E-state index in [1.54, 1.807) is 30.8 Å². The van der Waals surface area contributed by atoms with Crippen molar-refractivity contribution in [2.24, 2.45) is 35.5 Å². The van der Waals surface area contributed by atoms with Crippen LogP contribution in [0.15, 0.2) is 30.3 Å². The number of likely N-dealkylation sites (N-methyl/N-ethyl adjacent to an activating group) is 2. The summed E-state index contributed by atoms with van der Waals surface area (Å²) in [7, 11) is 7.67. The zero-order chi connectivity index (χ0) is 45.6. The SMILES string of the molecule is CC[C@H](C)[C@@H]([C@@H](CC(=O)N1CCC[C@H]1[C@H](OC)[C@@H](C)C(=O)N[C@@H](Cc1ccccc1)C(=O)OC)OC)N(C)C(=O)[C@@H](NC(=O)[C@H](C(C)C)N(C)C(=O)[C@@H](C)C(C)C)C(C)C. The van der Waals surface area contributed by atoms with E-state index in [9.17, 15) is 28.8 Å². The summed E-state index contributed by atoms with van der Waals surface area (Å²) in [6, 6.07) is 5.80. The average Bonchev–Trinajstić information content (AvgIpc) is 3.70. The molecule has 60 heavy (non-hydrogen) atoms. The number of hydrogen-bond acceptors (Lipinski definition) is 9. The van der Waals surface area contributed by atoms with Crippen molar-refractivity contribution in [2.45, 2.75) is 144 Å². The fourth-order valence-corrected chi connectivity index (χ4v) is 8.44. The van der Waals surface area contributed by atoms with Crippen LogP contribution < -0.4 is 10.6 Å². The van der Waals surface area contributed by atoms with Gasteiger partial charge in [0.15, 0.2) is 0 Å². The van der Waals surface area contributed by atoms with Crippen LogP contribution in [0.5, 0.6) is 0 Å². The maximum absolute atomic E-state index is 14.5. The molecule has 10 atom stereocenters. The maximum Gasteiger partial charge on any atom is 0.328 e. The molecule has 0 aliphatic carbocycles. The Morgan fingerprint density at radius 2 is 1.38 bits per heavy atom. The first-order chi connectivity index (χ1) is 28.2. The molecule has 1 fully saturated rings. The first kappa shape index (κ1) is 52.1. The molecule has 14 nitrogen and oxygen atoms in total. The van der Waals surface area contributed by atoms with Crippen molar-refractivity contribution in [3.05, 3.63) is 35.9 Å². The second kappa shape index (κ2) is 24.4. The number of methoxy groups -OCH3 is 3. The van der Waals surface area contributed by atoms with Gasteiger partial charge in [0, 0.05) is 47.2 Å². The number of ether oxygens (including phenoxy) is 3. The molecule has 14 heteroatoms.